The molecule has 0 aromatic heterocycles. The monoisotopic (exact) mass is 340 g/mol. The summed E-state index contributed by atoms with van der Waals surface area (Å²) in [6, 6.07) is 4.92. The van der Waals surface area contributed by atoms with Crippen LogP contribution in [0.2, 0.25) is 0 Å². The molecule has 10 heteroatoms. The van der Waals surface area contributed by atoms with Gasteiger partial charge in [-0.1, -0.05) is 18.2 Å². The molecular formula is C12H15F3N2O4S. The second-order valence-corrected chi connectivity index (χ2v) is 6.39. The molecule has 0 unspecified atom stereocenters. The summed E-state index contributed by atoms with van der Waals surface area (Å²) in [6.07, 6.45) is -4.66. The van der Waals surface area contributed by atoms with Crippen LogP contribution < -0.4 is 5.73 Å². The fourth-order valence-corrected chi connectivity index (χ4v) is 2.24. The van der Waals surface area contributed by atoms with Crippen LogP contribution in [0.15, 0.2) is 18.2 Å². The van der Waals surface area contributed by atoms with Crippen molar-refractivity contribution in [3.05, 3.63) is 34.9 Å². The molecule has 22 heavy (non-hydrogen) atoms. The van der Waals surface area contributed by atoms with Crippen LogP contribution in [0.5, 0.6) is 0 Å². The van der Waals surface area contributed by atoms with Gasteiger partial charge in [0.25, 0.3) is 0 Å². The largest absolute Gasteiger partial charge is 0.492 e. The van der Waals surface area contributed by atoms with Gasteiger partial charge in [0, 0.05) is 6.54 Å². The van der Waals surface area contributed by atoms with E-state index in [0.29, 0.717) is 22.9 Å². The second kappa shape index (κ2) is 6.63. The number of nitrogens with zero attached hydrogens (tertiary/aromatic N) is 1. The summed E-state index contributed by atoms with van der Waals surface area (Å²) in [5, 5.41) is 0. The minimum atomic E-state index is -5.30. The second-order valence-electron chi connectivity index (χ2n) is 4.52. The lowest BCUT2D eigenvalue weighted by molar-refractivity contribution is -0.223. The molecule has 0 spiro atoms. The third-order valence-electron chi connectivity index (χ3n) is 2.80. The summed E-state index contributed by atoms with van der Waals surface area (Å²) in [6.45, 7) is 1.14. The van der Waals surface area contributed by atoms with Crippen LogP contribution in [0.1, 0.15) is 16.7 Å². The molecule has 0 radical (unpaired) electrons. The van der Waals surface area contributed by atoms with E-state index in [-0.39, 0.29) is 11.0 Å². The van der Waals surface area contributed by atoms with Crippen molar-refractivity contribution in [2.45, 2.75) is 26.2 Å². The molecule has 6 nitrogen and oxygen atoms in total. The molecule has 0 fully saturated rings. The van der Waals surface area contributed by atoms with E-state index < -0.39 is 28.7 Å². The van der Waals surface area contributed by atoms with E-state index in [9.17, 15) is 26.4 Å². The molecule has 0 amide bonds. The highest BCUT2D eigenvalue weighted by atomic mass is 32.2. The van der Waals surface area contributed by atoms with Crippen LogP contribution in [-0.2, 0) is 32.7 Å². The van der Waals surface area contributed by atoms with E-state index in [2.05, 4.69) is 4.84 Å². The van der Waals surface area contributed by atoms with E-state index in [4.69, 9.17) is 5.73 Å². The van der Waals surface area contributed by atoms with Gasteiger partial charge in [0.1, 0.15) is 0 Å². The molecule has 1 aromatic carbocycles. The van der Waals surface area contributed by atoms with Crippen LogP contribution >= 0.6 is 0 Å². The van der Waals surface area contributed by atoms with Crippen molar-refractivity contribution >= 4 is 16.0 Å². The van der Waals surface area contributed by atoms with Crippen LogP contribution in [0.3, 0.4) is 0 Å². The number of rotatable bonds is 5. The summed E-state index contributed by atoms with van der Waals surface area (Å²) >= 11 is 0. The summed E-state index contributed by atoms with van der Waals surface area (Å²) < 4.78 is 59.9. The highest BCUT2D eigenvalue weighted by molar-refractivity contribution is 7.88. The van der Waals surface area contributed by atoms with Gasteiger partial charge in [0.2, 0.25) is 10.0 Å². The average Bonchev–Trinajstić information content (AvgIpc) is 2.37. The Balaban J connectivity index is 3.15. The van der Waals surface area contributed by atoms with Crippen LogP contribution in [0.25, 0.3) is 0 Å². The summed E-state index contributed by atoms with van der Waals surface area (Å²) in [5.41, 5.74) is 7.05. The number of sulfonamides is 1. The van der Waals surface area contributed by atoms with Gasteiger partial charge in [-0.15, -0.1) is 0 Å². The van der Waals surface area contributed by atoms with Crippen molar-refractivity contribution in [2.75, 3.05) is 6.26 Å². The van der Waals surface area contributed by atoms with Gasteiger partial charge < -0.3 is 10.6 Å². The highest BCUT2D eigenvalue weighted by Gasteiger charge is 2.44. The molecule has 0 bridgehead atoms. The van der Waals surface area contributed by atoms with Gasteiger partial charge in [-0.05, 0) is 28.1 Å². The summed E-state index contributed by atoms with van der Waals surface area (Å²) in [5.74, 6) is -2.61. The van der Waals surface area contributed by atoms with Crippen molar-refractivity contribution < 1.29 is 31.2 Å². The number of aryl methyl sites for hydroxylation is 1. The molecule has 0 aliphatic heterocycles. The zero-order valence-corrected chi connectivity index (χ0v) is 12.7. The smallest absolute Gasteiger partial charge is 0.345 e. The zero-order valence-electron chi connectivity index (χ0n) is 11.8. The number of nitrogens with two attached hydrogens (primary N) is 1. The fourth-order valence-electron chi connectivity index (χ4n) is 1.67. The van der Waals surface area contributed by atoms with Crippen LogP contribution in [0, 0.1) is 6.92 Å². The first-order chi connectivity index (χ1) is 9.96. The predicted octanol–water partition coefficient (Wildman–Crippen LogP) is 1.24. The average molecular weight is 340 g/mol. The number of alkyl halides is 3. The third-order valence-corrected chi connectivity index (χ3v) is 3.74. The zero-order chi connectivity index (χ0) is 17.1. The quantitative estimate of drug-likeness (QED) is 0.815. The predicted molar refractivity (Wildman–Crippen MR) is 71.6 cm³/mol. The number of hydroxylamine groups is 1. The molecule has 0 aliphatic carbocycles. The van der Waals surface area contributed by atoms with Crippen molar-refractivity contribution in [2.24, 2.45) is 5.73 Å². The number of halogens is 3. The van der Waals surface area contributed by atoms with E-state index in [1.807, 2.05) is 0 Å². The van der Waals surface area contributed by atoms with Gasteiger partial charge in [-0.3, -0.25) is 0 Å². The maximum atomic E-state index is 12.2. The highest BCUT2D eigenvalue weighted by Crippen LogP contribution is 2.22. The third kappa shape index (κ3) is 4.68. The van der Waals surface area contributed by atoms with Crippen molar-refractivity contribution in [3.8, 4) is 0 Å². The number of benzene rings is 1. The van der Waals surface area contributed by atoms with E-state index >= 15 is 0 Å². The Bertz CT molecular complexity index is 659. The van der Waals surface area contributed by atoms with Crippen LogP contribution in [0.4, 0.5) is 13.2 Å². The lowest BCUT2D eigenvalue weighted by Crippen LogP contribution is -2.38. The number of hydrogen-bond donors (Lipinski definition) is 1. The van der Waals surface area contributed by atoms with Gasteiger partial charge in [-0.2, -0.15) is 13.2 Å². The maximum Gasteiger partial charge on any atom is 0.492 e. The fraction of sp³-hybridized carbons (Fsp3) is 0.417. The molecule has 0 saturated carbocycles. The first-order valence-corrected chi connectivity index (χ1v) is 7.86. The first-order valence-electron chi connectivity index (χ1n) is 6.01. The molecule has 124 valence electrons. The van der Waals surface area contributed by atoms with Gasteiger partial charge in [0.15, 0.2) is 0 Å². The normalized spacial score (nSPS) is 12.5. The Morgan fingerprint density at radius 1 is 1.36 bits per heavy atom. The van der Waals surface area contributed by atoms with Crippen molar-refractivity contribution in [3.63, 3.8) is 0 Å². The van der Waals surface area contributed by atoms with E-state index in [0.717, 1.165) is 0 Å². The standard InChI is InChI=1S/C12H15F3N2O4S/c1-8-4-3-5-9(6-16)10(8)7-17(22(2,19)20)21-11(18)12(13,14)15/h3-5H,6-7,16H2,1-2H3. The number of carbonyl (C=O) groups is 1. The Kier molecular flexibility index (Phi) is 5.54. The molecule has 2 N–H and O–H groups in total. The maximum absolute atomic E-state index is 12.2. The van der Waals surface area contributed by atoms with Crippen molar-refractivity contribution in [1.82, 2.24) is 4.47 Å². The van der Waals surface area contributed by atoms with Gasteiger partial charge in [0.05, 0.1) is 12.8 Å². The molecule has 1 aromatic rings. The molecule has 0 saturated heterocycles. The molecule has 1 rings (SSSR count). The minimum Gasteiger partial charge on any atom is -0.345 e. The summed E-state index contributed by atoms with van der Waals surface area (Å²) in [7, 11) is -4.21. The Hall–Kier alpha value is -1.65. The lowest BCUT2D eigenvalue weighted by atomic mass is 10.0. The topological polar surface area (TPSA) is 89.7 Å². The Morgan fingerprint density at radius 2 is 1.95 bits per heavy atom. The van der Waals surface area contributed by atoms with E-state index in [1.165, 1.54) is 0 Å². The molecular weight excluding hydrogens is 325 g/mol. The SMILES string of the molecule is Cc1cccc(CN)c1CN(OC(=O)C(F)(F)F)S(C)(=O)=O. The number of carbonyl (C=O) groups excluding carboxylic acids is 1. The Labute approximate surface area is 125 Å². The first kappa shape index (κ1) is 18.4. The molecule has 0 atom stereocenters. The molecule has 0 heterocycles. The summed E-state index contributed by atoms with van der Waals surface area (Å²) in [4.78, 5) is 14.9. The Morgan fingerprint density at radius 3 is 2.41 bits per heavy atom. The van der Waals surface area contributed by atoms with Crippen LogP contribution in [-0.4, -0.2) is 31.3 Å². The minimum absolute atomic E-state index is 0.00428. The van der Waals surface area contributed by atoms with Gasteiger partial charge in [-0.25, -0.2) is 13.2 Å². The van der Waals surface area contributed by atoms with Crippen molar-refractivity contribution in [1.29, 1.82) is 0 Å². The lowest BCUT2D eigenvalue weighted by Gasteiger charge is -2.21. The van der Waals surface area contributed by atoms with Gasteiger partial charge >= 0.3 is 12.1 Å². The van der Waals surface area contributed by atoms with E-state index in [1.54, 1.807) is 25.1 Å². The number of hydrogen-bond acceptors (Lipinski definition) is 5. The molecule has 0 aliphatic rings.